The number of halogens is 1. The number of benzene rings is 1. The van der Waals surface area contributed by atoms with Gasteiger partial charge >= 0.3 is 0 Å². The minimum atomic E-state index is -0.306. The van der Waals surface area contributed by atoms with E-state index in [1.165, 1.54) is 12.8 Å². The van der Waals surface area contributed by atoms with Gasteiger partial charge in [-0.2, -0.15) is 0 Å². The molecule has 1 aromatic rings. The molecule has 0 saturated heterocycles. The number of nitrogens with zero attached hydrogens (tertiary/aromatic N) is 1. The third-order valence-corrected chi connectivity index (χ3v) is 2.92. The lowest BCUT2D eigenvalue weighted by molar-refractivity contribution is 0.269. The Morgan fingerprint density at radius 1 is 1.47 bits per heavy atom. The van der Waals surface area contributed by atoms with Crippen molar-refractivity contribution in [1.82, 2.24) is 4.90 Å². The molecule has 0 amide bonds. The van der Waals surface area contributed by atoms with Crippen molar-refractivity contribution in [3.63, 3.8) is 0 Å². The number of rotatable bonds is 4. The lowest BCUT2D eigenvalue weighted by atomic mass is 10.2. The molecule has 0 aromatic heterocycles. The van der Waals surface area contributed by atoms with Gasteiger partial charge < -0.3 is 5.73 Å². The Morgan fingerprint density at radius 3 is 2.73 bits per heavy atom. The maximum absolute atomic E-state index is 13.2. The van der Waals surface area contributed by atoms with Crippen LogP contribution in [0, 0.1) is 5.82 Å². The molecule has 1 saturated carbocycles. The zero-order valence-electron chi connectivity index (χ0n) is 9.04. The van der Waals surface area contributed by atoms with Crippen LogP contribution < -0.4 is 5.73 Å². The smallest absolute Gasteiger partial charge is 0.146 e. The van der Waals surface area contributed by atoms with Gasteiger partial charge in [0.25, 0.3) is 0 Å². The van der Waals surface area contributed by atoms with E-state index in [0.29, 0.717) is 0 Å². The molecule has 1 aliphatic carbocycles. The second-order valence-electron chi connectivity index (χ2n) is 4.15. The van der Waals surface area contributed by atoms with Gasteiger partial charge in [-0.1, -0.05) is 13.0 Å². The number of nitrogens with two attached hydrogens (primary N) is 1. The average Bonchev–Trinajstić information content (AvgIpc) is 3.03. The molecule has 82 valence electrons. The van der Waals surface area contributed by atoms with Crippen molar-refractivity contribution >= 4 is 5.69 Å². The third kappa shape index (κ3) is 2.48. The minimum absolute atomic E-state index is 0.230. The number of hydrogen-bond acceptors (Lipinski definition) is 2. The van der Waals surface area contributed by atoms with Gasteiger partial charge in [-0.3, -0.25) is 4.90 Å². The summed E-state index contributed by atoms with van der Waals surface area (Å²) < 4.78 is 13.2. The predicted octanol–water partition coefficient (Wildman–Crippen LogP) is 2.39. The van der Waals surface area contributed by atoms with Crippen LogP contribution in [0.2, 0.25) is 0 Å². The van der Waals surface area contributed by atoms with Gasteiger partial charge in [-0.05, 0) is 37.1 Å². The normalized spacial score (nSPS) is 15.9. The Balaban J connectivity index is 2.05. The number of nitrogen functional groups attached to an aromatic ring is 1. The topological polar surface area (TPSA) is 29.3 Å². The predicted molar refractivity (Wildman–Crippen MR) is 59.9 cm³/mol. The van der Waals surface area contributed by atoms with Crippen molar-refractivity contribution in [2.24, 2.45) is 0 Å². The van der Waals surface area contributed by atoms with E-state index >= 15 is 0 Å². The fourth-order valence-electron chi connectivity index (χ4n) is 1.84. The van der Waals surface area contributed by atoms with E-state index in [2.05, 4.69) is 11.8 Å². The summed E-state index contributed by atoms with van der Waals surface area (Å²) in [5.74, 6) is -0.306. The van der Waals surface area contributed by atoms with E-state index < -0.39 is 0 Å². The van der Waals surface area contributed by atoms with Crippen molar-refractivity contribution in [3.8, 4) is 0 Å². The first kappa shape index (κ1) is 10.4. The monoisotopic (exact) mass is 208 g/mol. The second kappa shape index (κ2) is 4.19. The van der Waals surface area contributed by atoms with E-state index in [1.807, 2.05) is 6.07 Å². The summed E-state index contributed by atoms with van der Waals surface area (Å²) >= 11 is 0. The van der Waals surface area contributed by atoms with E-state index in [0.717, 1.165) is 24.7 Å². The highest BCUT2D eigenvalue weighted by molar-refractivity contribution is 5.41. The molecule has 1 aliphatic rings. The minimum Gasteiger partial charge on any atom is -0.396 e. The summed E-state index contributed by atoms with van der Waals surface area (Å²) in [5.41, 5.74) is 6.68. The van der Waals surface area contributed by atoms with Crippen LogP contribution in [0.3, 0.4) is 0 Å². The molecule has 0 aliphatic heterocycles. The van der Waals surface area contributed by atoms with Crippen molar-refractivity contribution < 1.29 is 4.39 Å². The van der Waals surface area contributed by atoms with Gasteiger partial charge in [0.15, 0.2) is 0 Å². The first-order valence-electron chi connectivity index (χ1n) is 5.48. The molecule has 2 rings (SSSR count). The highest BCUT2D eigenvalue weighted by atomic mass is 19.1. The Bertz CT molecular complexity index is 347. The van der Waals surface area contributed by atoms with Crippen LogP contribution in [0.25, 0.3) is 0 Å². The van der Waals surface area contributed by atoms with Crippen LogP contribution in [0.15, 0.2) is 18.2 Å². The number of anilines is 1. The van der Waals surface area contributed by atoms with Crippen molar-refractivity contribution in [1.29, 1.82) is 0 Å². The second-order valence-corrected chi connectivity index (χ2v) is 4.15. The molecule has 15 heavy (non-hydrogen) atoms. The van der Waals surface area contributed by atoms with E-state index in [1.54, 1.807) is 12.1 Å². The average molecular weight is 208 g/mol. The van der Waals surface area contributed by atoms with Crippen LogP contribution in [-0.2, 0) is 6.54 Å². The first-order chi connectivity index (χ1) is 7.20. The maximum Gasteiger partial charge on any atom is 0.146 e. The van der Waals surface area contributed by atoms with Crippen LogP contribution >= 0.6 is 0 Å². The summed E-state index contributed by atoms with van der Waals surface area (Å²) in [5, 5.41) is 0. The molecule has 2 nitrogen and oxygen atoms in total. The largest absolute Gasteiger partial charge is 0.396 e. The summed E-state index contributed by atoms with van der Waals surface area (Å²) in [7, 11) is 0. The SMILES string of the molecule is CCN(Cc1ccc(N)c(F)c1)C1CC1. The maximum atomic E-state index is 13.2. The Kier molecular flexibility index (Phi) is 2.91. The molecule has 0 heterocycles. The van der Waals surface area contributed by atoms with Crippen molar-refractivity contribution in [3.05, 3.63) is 29.6 Å². The van der Waals surface area contributed by atoms with Crippen LogP contribution in [0.5, 0.6) is 0 Å². The highest BCUT2D eigenvalue weighted by Crippen LogP contribution is 2.28. The van der Waals surface area contributed by atoms with E-state index in [-0.39, 0.29) is 11.5 Å². The molecule has 2 N–H and O–H groups in total. The Hall–Kier alpha value is -1.09. The fraction of sp³-hybridized carbons (Fsp3) is 0.500. The molecular weight excluding hydrogens is 191 g/mol. The number of hydrogen-bond donors (Lipinski definition) is 1. The molecule has 1 aromatic carbocycles. The van der Waals surface area contributed by atoms with Crippen LogP contribution in [0.1, 0.15) is 25.3 Å². The van der Waals surface area contributed by atoms with Gasteiger partial charge in [0.2, 0.25) is 0 Å². The summed E-state index contributed by atoms with van der Waals surface area (Å²) in [6.07, 6.45) is 2.57. The van der Waals surface area contributed by atoms with Crippen LogP contribution in [0.4, 0.5) is 10.1 Å². The van der Waals surface area contributed by atoms with Gasteiger partial charge in [0.05, 0.1) is 5.69 Å². The van der Waals surface area contributed by atoms with Crippen LogP contribution in [-0.4, -0.2) is 17.5 Å². The molecule has 0 radical (unpaired) electrons. The highest BCUT2D eigenvalue weighted by Gasteiger charge is 2.27. The molecule has 0 atom stereocenters. The Labute approximate surface area is 89.9 Å². The van der Waals surface area contributed by atoms with Gasteiger partial charge in [0.1, 0.15) is 5.82 Å². The molecular formula is C12H17FN2. The lowest BCUT2D eigenvalue weighted by Gasteiger charge is -2.19. The summed E-state index contributed by atoms with van der Waals surface area (Å²) in [6, 6.07) is 5.81. The molecule has 1 fully saturated rings. The first-order valence-corrected chi connectivity index (χ1v) is 5.48. The quantitative estimate of drug-likeness (QED) is 0.770. The summed E-state index contributed by atoms with van der Waals surface area (Å²) in [6.45, 7) is 4.00. The third-order valence-electron chi connectivity index (χ3n) is 2.92. The Morgan fingerprint density at radius 2 is 2.20 bits per heavy atom. The van der Waals surface area contributed by atoms with Gasteiger partial charge in [-0.25, -0.2) is 4.39 Å². The summed E-state index contributed by atoms with van der Waals surface area (Å²) in [4.78, 5) is 2.38. The molecule has 0 bridgehead atoms. The van der Waals surface area contributed by atoms with E-state index in [9.17, 15) is 4.39 Å². The molecule has 0 unspecified atom stereocenters. The lowest BCUT2D eigenvalue weighted by Crippen LogP contribution is -2.25. The van der Waals surface area contributed by atoms with Gasteiger partial charge in [-0.15, -0.1) is 0 Å². The van der Waals surface area contributed by atoms with Crippen molar-refractivity contribution in [2.45, 2.75) is 32.4 Å². The zero-order valence-corrected chi connectivity index (χ0v) is 9.04. The molecule has 0 spiro atoms. The van der Waals surface area contributed by atoms with Crippen molar-refractivity contribution in [2.75, 3.05) is 12.3 Å². The van der Waals surface area contributed by atoms with Gasteiger partial charge in [0, 0.05) is 12.6 Å². The standard InChI is InChI=1S/C12H17FN2/c1-2-15(10-4-5-10)8-9-3-6-12(14)11(13)7-9/h3,6-7,10H,2,4-5,8,14H2,1H3. The molecule has 3 heteroatoms. The zero-order chi connectivity index (χ0) is 10.8. The van der Waals surface area contributed by atoms with E-state index in [4.69, 9.17) is 5.73 Å². The fourth-order valence-corrected chi connectivity index (χ4v) is 1.84.